The molecule has 0 heterocycles. The van der Waals surface area contributed by atoms with Crippen molar-refractivity contribution >= 4 is 5.71 Å². The van der Waals surface area contributed by atoms with Gasteiger partial charge < -0.3 is 9.94 Å². The van der Waals surface area contributed by atoms with Gasteiger partial charge in [-0.1, -0.05) is 5.16 Å². The van der Waals surface area contributed by atoms with E-state index in [1.165, 1.54) is 13.2 Å². The minimum Gasteiger partial charge on any atom is -0.507 e. The number of hydrogen-bond acceptors (Lipinski definition) is 4. The minimum atomic E-state index is -0.0264. The predicted molar refractivity (Wildman–Crippen MR) is 52.0 cm³/mol. The van der Waals surface area contributed by atoms with Crippen molar-refractivity contribution in [3.63, 3.8) is 0 Å². The first-order chi connectivity index (χ1) is 6.69. The van der Waals surface area contributed by atoms with Crippen molar-refractivity contribution in [2.75, 3.05) is 7.11 Å². The van der Waals surface area contributed by atoms with Crippen LogP contribution in [-0.2, 0) is 4.84 Å². The summed E-state index contributed by atoms with van der Waals surface area (Å²) in [7, 11) is 1.45. The number of benzene rings is 1. The Labute approximate surface area is 82.0 Å². The monoisotopic (exact) mass is 190 g/mol. The van der Waals surface area contributed by atoms with E-state index in [4.69, 9.17) is 5.26 Å². The minimum absolute atomic E-state index is 0.0264. The zero-order valence-corrected chi connectivity index (χ0v) is 7.98. The Hall–Kier alpha value is -2.02. The fourth-order valence-corrected chi connectivity index (χ4v) is 1.04. The SMILES string of the molecule is CON=C(C)c1ccc(O)c(C#N)c1. The average Bonchev–Trinajstić information content (AvgIpc) is 2.19. The van der Waals surface area contributed by atoms with Gasteiger partial charge in [0.15, 0.2) is 0 Å². The van der Waals surface area contributed by atoms with Crippen molar-refractivity contribution < 1.29 is 9.94 Å². The molecule has 72 valence electrons. The number of nitriles is 1. The molecule has 1 aromatic rings. The molecule has 0 unspecified atom stereocenters. The highest BCUT2D eigenvalue weighted by molar-refractivity contribution is 5.98. The summed E-state index contributed by atoms with van der Waals surface area (Å²) in [5.74, 6) is -0.0264. The molecule has 4 heteroatoms. The Morgan fingerprint density at radius 2 is 2.29 bits per heavy atom. The summed E-state index contributed by atoms with van der Waals surface area (Å²) in [6.07, 6.45) is 0. The van der Waals surface area contributed by atoms with Gasteiger partial charge in [0.25, 0.3) is 0 Å². The molecule has 4 nitrogen and oxygen atoms in total. The molecule has 1 N–H and O–H groups in total. The van der Waals surface area contributed by atoms with Crippen LogP contribution in [0.1, 0.15) is 18.1 Å². The standard InChI is InChI=1S/C10H10N2O2/c1-7(12-14-2)8-3-4-10(13)9(5-8)6-11/h3-5,13H,1-2H3. The first-order valence-electron chi connectivity index (χ1n) is 4.00. The van der Waals surface area contributed by atoms with Crippen LogP contribution in [0.15, 0.2) is 23.4 Å². The highest BCUT2D eigenvalue weighted by Gasteiger charge is 2.03. The van der Waals surface area contributed by atoms with Gasteiger partial charge in [-0.3, -0.25) is 0 Å². The maximum Gasteiger partial charge on any atom is 0.133 e. The highest BCUT2D eigenvalue weighted by atomic mass is 16.6. The third-order valence-electron chi connectivity index (χ3n) is 1.76. The molecular formula is C10H10N2O2. The maximum atomic E-state index is 9.25. The summed E-state index contributed by atoms with van der Waals surface area (Å²) in [6.45, 7) is 1.76. The molecule has 0 saturated heterocycles. The number of hydrogen-bond donors (Lipinski definition) is 1. The fourth-order valence-electron chi connectivity index (χ4n) is 1.04. The van der Waals surface area contributed by atoms with Crippen LogP contribution in [0.5, 0.6) is 5.75 Å². The number of phenols is 1. The second kappa shape index (κ2) is 4.28. The van der Waals surface area contributed by atoms with Crippen LogP contribution in [-0.4, -0.2) is 17.9 Å². The molecule has 0 aliphatic rings. The molecule has 0 bridgehead atoms. The van der Waals surface area contributed by atoms with Gasteiger partial charge in [0.2, 0.25) is 0 Å². The topological polar surface area (TPSA) is 65.6 Å². The summed E-state index contributed by atoms with van der Waals surface area (Å²) < 4.78 is 0. The lowest BCUT2D eigenvalue weighted by atomic mass is 10.1. The molecule has 0 radical (unpaired) electrons. The quantitative estimate of drug-likeness (QED) is 0.569. The van der Waals surface area contributed by atoms with E-state index in [0.717, 1.165) is 5.56 Å². The Morgan fingerprint density at radius 1 is 1.57 bits per heavy atom. The summed E-state index contributed by atoms with van der Waals surface area (Å²) >= 11 is 0. The smallest absolute Gasteiger partial charge is 0.133 e. The van der Waals surface area contributed by atoms with Gasteiger partial charge in [0.1, 0.15) is 18.9 Å². The molecule has 0 saturated carbocycles. The van der Waals surface area contributed by atoms with Gasteiger partial charge in [-0.2, -0.15) is 5.26 Å². The van der Waals surface area contributed by atoms with Crippen LogP contribution >= 0.6 is 0 Å². The van der Waals surface area contributed by atoms with E-state index in [1.807, 2.05) is 6.07 Å². The number of rotatable bonds is 2. The van der Waals surface area contributed by atoms with Gasteiger partial charge >= 0.3 is 0 Å². The van der Waals surface area contributed by atoms with Crippen molar-refractivity contribution in [1.29, 1.82) is 5.26 Å². The number of nitrogens with zero attached hydrogens (tertiary/aromatic N) is 2. The van der Waals surface area contributed by atoms with Crippen LogP contribution in [0, 0.1) is 11.3 Å². The molecule has 14 heavy (non-hydrogen) atoms. The number of aromatic hydroxyl groups is 1. The van der Waals surface area contributed by atoms with E-state index in [-0.39, 0.29) is 11.3 Å². The van der Waals surface area contributed by atoms with Crippen LogP contribution in [0.4, 0.5) is 0 Å². The van der Waals surface area contributed by atoms with E-state index in [1.54, 1.807) is 19.1 Å². The van der Waals surface area contributed by atoms with Crippen molar-refractivity contribution in [2.24, 2.45) is 5.16 Å². The summed E-state index contributed by atoms with van der Waals surface area (Å²) in [5.41, 5.74) is 1.64. The molecule has 0 atom stereocenters. The van der Waals surface area contributed by atoms with Gasteiger partial charge in [0, 0.05) is 5.56 Å². The number of phenolic OH excluding ortho intramolecular Hbond substituents is 1. The average molecular weight is 190 g/mol. The van der Waals surface area contributed by atoms with Gasteiger partial charge in [-0.15, -0.1) is 0 Å². The lowest BCUT2D eigenvalue weighted by molar-refractivity contribution is 0.213. The van der Waals surface area contributed by atoms with Gasteiger partial charge in [-0.05, 0) is 25.1 Å². The predicted octanol–water partition coefficient (Wildman–Crippen LogP) is 1.63. The third kappa shape index (κ3) is 2.02. The van der Waals surface area contributed by atoms with Crippen LogP contribution in [0.3, 0.4) is 0 Å². The molecule has 0 aromatic heterocycles. The second-order valence-electron chi connectivity index (χ2n) is 2.70. The summed E-state index contributed by atoms with van der Waals surface area (Å²) in [6, 6.07) is 6.58. The molecule has 0 spiro atoms. The fraction of sp³-hybridized carbons (Fsp3) is 0.200. The summed E-state index contributed by atoms with van der Waals surface area (Å²) in [4.78, 5) is 4.60. The molecule has 0 aliphatic carbocycles. The first kappa shape index (κ1) is 10.1. The van der Waals surface area contributed by atoms with Crippen molar-refractivity contribution in [3.8, 4) is 11.8 Å². The van der Waals surface area contributed by atoms with Crippen molar-refractivity contribution in [1.82, 2.24) is 0 Å². The Morgan fingerprint density at radius 3 is 2.86 bits per heavy atom. The van der Waals surface area contributed by atoms with E-state index in [0.29, 0.717) is 5.71 Å². The molecular weight excluding hydrogens is 180 g/mol. The van der Waals surface area contributed by atoms with E-state index >= 15 is 0 Å². The summed E-state index contributed by atoms with van der Waals surface area (Å²) in [5, 5.41) is 21.7. The molecule has 0 fully saturated rings. The Kier molecular flexibility index (Phi) is 3.08. The van der Waals surface area contributed by atoms with E-state index in [2.05, 4.69) is 9.99 Å². The van der Waals surface area contributed by atoms with Crippen LogP contribution in [0.2, 0.25) is 0 Å². The van der Waals surface area contributed by atoms with Crippen molar-refractivity contribution in [3.05, 3.63) is 29.3 Å². The zero-order valence-electron chi connectivity index (χ0n) is 7.98. The largest absolute Gasteiger partial charge is 0.507 e. The maximum absolute atomic E-state index is 9.25. The van der Waals surface area contributed by atoms with Crippen LogP contribution < -0.4 is 0 Å². The van der Waals surface area contributed by atoms with E-state index in [9.17, 15) is 5.11 Å². The molecule has 1 aromatic carbocycles. The number of oxime groups is 1. The van der Waals surface area contributed by atoms with Crippen LogP contribution in [0.25, 0.3) is 0 Å². The Bertz CT molecular complexity index is 405. The molecule has 0 aliphatic heterocycles. The highest BCUT2D eigenvalue weighted by Crippen LogP contribution is 2.17. The first-order valence-corrected chi connectivity index (χ1v) is 4.00. The lowest BCUT2D eigenvalue weighted by Gasteiger charge is -2.01. The zero-order chi connectivity index (χ0) is 10.6. The molecule has 0 amide bonds. The molecule has 1 rings (SSSR count). The third-order valence-corrected chi connectivity index (χ3v) is 1.76. The Balaban J connectivity index is 3.14. The van der Waals surface area contributed by atoms with E-state index < -0.39 is 0 Å². The lowest BCUT2D eigenvalue weighted by Crippen LogP contribution is -1.95. The second-order valence-corrected chi connectivity index (χ2v) is 2.70. The van der Waals surface area contributed by atoms with Gasteiger partial charge in [0.05, 0.1) is 11.3 Å². The van der Waals surface area contributed by atoms with Crippen molar-refractivity contribution in [2.45, 2.75) is 6.92 Å². The van der Waals surface area contributed by atoms with Gasteiger partial charge in [-0.25, -0.2) is 0 Å². The normalized spacial score (nSPS) is 10.8.